The number of nitrogens with one attached hydrogen (secondary N) is 1. The molecule has 0 radical (unpaired) electrons. The largest absolute Gasteiger partial charge is 0.464 e. The van der Waals surface area contributed by atoms with Crippen molar-refractivity contribution in [3.05, 3.63) is 0 Å². The first-order valence-corrected chi connectivity index (χ1v) is 3.94. The van der Waals surface area contributed by atoms with Crippen molar-refractivity contribution < 1.29 is 14.3 Å². The minimum atomic E-state index is -0.554. The Morgan fingerprint density at radius 2 is 2.08 bits per heavy atom. The second-order valence-corrected chi connectivity index (χ2v) is 3.03. The van der Waals surface area contributed by atoms with Crippen LogP contribution in [0.25, 0.3) is 0 Å². The number of ether oxygens (including phenoxy) is 1. The van der Waals surface area contributed by atoms with E-state index in [-0.39, 0.29) is 0 Å². The summed E-state index contributed by atoms with van der Waals surface area (Å²) in [6.07, 6.45) is 0.487. The highest BCUT2D eigenvalue weighted by Gasteiger charge is 2.12. The molecule has 0 aromatic carbocycles. The van der Waals surface area contributed by atoms with Gasteiger partial charge in [-0.3, -0.25) is 4.79 Å². The molecule has 0 aromatic rings. The zero-order chi connectivity index (χ0) is 9.56. The molecule has 0 heterocycles. The third-order valence-electron chi connectivity index (χ3n) is 1.23. The molecule has 12 heavy (non-hydrogen) atoms. The van der Waals surface area contributed by atoms with Crippen LogP contribution >= 0.6 is 0 Å². The molecule has 1 amide bonds. The molecule has 0 bridgehead atoms. The summed E-state index contributed by atoms with van der Waals surface area (Å²) < 4.78 is 4.86. The van der Waals surface area contributed by atoms with E-state index in [0.29, 0.717) is 18.9 Å². The standard InChI is InChI=1S/C8H15NO3/c1-6(2)4-12-8(11)7(3)9-5-10/h5-7H,4H2,1-3H3,(H,9,10)/t7-/m1/s1. The second kappa shape index (κ2) is 5.57. The summed E-state index contributed by atoms with van der Waals surface area (Å²) in [6.45, 7) is 5.87. The summed E-state index contributed by atoms with van der Waals surface area (Å²) in [6, 6.07) is -0.554. The van der Waals surface area contributed by atoms with Gasteiger partial charge in [0, 0.05) is 0 Å². The molecule has 1 N–H and O–H groups in total. The van der Waals surface area contributed by atoms with E-state index >= 15 is 0 Å². The van der Waals surface area contributed by atoms with Crippen molar-refractivity contribution in [2.24, 2.45) is 5.92 Å². The summed E-state index contributed by atoms with van der Waals surface area (Å²) in [5.74, 6) is -0.0758. The summed E-state index contributed by atoms with van der Waals surface area (Å²) in [7, 11) is 0. The molecule has 1 atom stereocenters. The van der Waals surface area contributed by atoms with Crippen molar-refractivity contribution in [3.8, 4) is 0 Å². The molecule has 0 saturated carbocycles. The van der Waals surface area contributed by atoms with E-state index in [1.54, 1.807) is 6.92 Å². The Kier molecular flexibility index (Phi) is 5.08. The second-order valence-electron chi connectivity index (χ2n) is 3.03. The summed E-state index contributed by atoms with van der Waals surface area (Å²) in [5, 5.41) is 2.31. The highest BCUT2D eigenvalue weighted by Crippen LogP contribution is 1.94. The summed E-state index contributed by atoms with van der Waals surface area (Å²) in [5.41, 5.74) is 0. The summed E-state index contributed by atoms with van der Waals surface area (Å²) >= 11 is 0. The number of amides is 1. The molecule has 4 heteroatoms. The van der Waals surface area contributed by atoms with E-state index < -0.39 is 12.0 Å². The first-order valence-electron chi connectivity index (χ1n) is 3.94. The van der Waals surface area contributed by atoms with Crippen LogP contribution in [0.15, 0.2) is 0 Å². The molecule has 0 aromatic heterocycles. The van der Waals surface area contributed by atoms with Crippen molar-refractivity contribution in [2.45, 2.75) is 26.8 Å². The third-order valence-corrected chi connectivity index (χ3v) is 1.23. The van der Waals surface area contributed by atoms with Gasteiger partial charge in [-0.2, -0.15) is 0 Å². The molecular formula is C8H15NO3. The van der Waals surface area contributed by atoms with Gasteiger partial charge in [-0.25, -0.2) is 4.79 Å². The lowest BCUT2D eigenvalue weighted by Gasteiger charge is -2.11. The molecule has 0 spiro atoms. The van der Waals surface area contributed by atoms with Crippen LogP contribution < -0.4 is 5.32 Å². The third kappa shape index (κ3) is 4.71. The number of carbonyl (C=O) groups excluding carboxylic acids is 2. The Bertz CT molecular complexity index is 156. The van der Waals surface area contributed by atoms with Crippen molar-refractivity contribution in [2.75, 3.05) is 6.61 Å². The maximum absolute atomic E-state index is 11.0. The van der Waals surface area contributed by atoms with Crippen LogP contribution in [0.2, 0.25) is 0 Å². The lowest BCUT2D eigenvalue weighted by Crippen LogP contribution is -2.34. The number of hydrogen-bond donors (Lipinski definition) is 1. The van der Waals surface area contributed by atoms with E-state index in [2.05, 4.69) is 5.32 Å². The number of esters is 1. The molecule has 0 aliphatic heterocycles. The van der Waals surface area contributed by atoms with Crippen LogP contribution in [-0.4, -0.2) is 25.0 Å². The zero-order valence-electron chi connectivity index (χ0n) is 7.66. The van der Waals surface area contributed by atoms with Crippen LogP contribution in [0, 0.1) is 5.92 Å². The van der Waals surface area contributed by atoms with Crippen LogP contribution in [0.3, 0.4) is 0 Å². The molecule has 0 aliphatic rings. The normalized spacial score (nSPS) is 12.3. The quantitative estimate of drug-likeness (QED) is 0.481. The van der Waals surface area contributed by atoms with Gasteiger partial charge in [-0.1, -0.05) is 13.8 Å². The van der Waals surface area contributed by atoms with Crippen molar-refractivity contribution >= 4 is 12.4 Å². The van der Waals surface area contributed by atoms with Crippen LogP contribution in [-0.2, 0) is 14.3 Å². The molecule has 0 fully saturated rings. The predicted molar refractivity (Wildman–Crippen MR) is 44.5 cm³/mol. The van der Waals surface area contributed by atoms with Crippen molar-refractivity contribution in [1.29, 1.82) is 0 Å². The number of rotatable bonds is 5. The molecule has 0 saturated heterocycles. The van der Waals surface area contributed by atoms with Gasteiger partial charge in [-0.15, -0.1) is 0 Å². The SMILES string of the molecule is CC(C)COC(=O)[C@@H](C)NC=O. The average Bonchev–Trinajstić information content (AvgIpc) is 2.00. The Labute approximate surface area is 72.3 Å². The average molecular weight is 173 g/mol. The fraction of sp³-hybridized carbons (Fsp3) is 0.750. The van der Waals surface area contributed by atoms with Gasteiger partial charge in [0.2, 0.25) is 6.41 Å². The predicted octanol–water partition coefficient (Wildman–Crippen LogP) is 0.320. The fourth-order valence-electron chi connectivity index (χ4n) is 0.544. The van der Waals surface area contributed by atoms with Crippen LogP contribution in [0.5, 0.6) is 0 Å². The van der Waals surface area contributed by atoms with Crippen LogP contribution in [0.1, 0.15) is 20.8 Å². The monoisotopic (exact) mass is 173 g/mol. The summed E-state index contributed by atoms with van der Waals surface area (Å²) in [4.78, 5) is 20.9. The zero-order valence-corrected chi connectivity index (χ0v) is 7.66. The van der Waals surface area contributed by atoms with Gasteiger partial charge in [0.1, 0.15) is 6.04 Å². The van der Waals surface area contributed by atoms with Gasteiger partial charge in [0.05, 0.1) is 6.61 Å². The maximum Gasteiger partial charge on any atom is 0.328 e. The van der Waals surface area contributed by atoms with Crippen molar-refractivity contribution in [1.82, 2.24) is 5.32 Å². The first kappa shape index (κ1) is 10.9. The molecule has 4 nitrogen and oxygen atoms in total. The minimum absolute atomic E-state index is 0.317. The molecule has 0 unspecified atom stereocenters. The smallest absolute Gasteiger partial charge is 0.328 e. The lowest BCUT2D eigenvalue weighted by atomic mass is 10.2. The van der Waals surface area contributed by atoms with E-state index in [0.717, 1.165) is 0 Å². The maximum atomic E-state index is 11.0. The number of carbonyl (C=O) groups is 2. The first-order chi connectivity index (χ1) is 5.57. The Hall–Kier alpha value is -1.06. The van der Waals surface area contributed by atoms with E-state index in [9.17, 15) is 9.59 Å². The van der Waals surface area contributed by atoms with Gasteiger partial charge in [0.15, 0.2) is 0 Å². The number of hydrogen-bond acceptors (Lipinski definition) is 3. The van der Waals surface area contributed by atoms with Gasteiger partial charge in [-0.05, 0) is 12.8 Å². The highest BCUT2D eigenvalue weighted by atomic mass is 16.5. The highest BCUT2D eigenvalue weighted by molar-refractivity contribution is 5.77. The van der Waals surface area contributed by atoms with Gasteiger partial charge < -0.3 is 10.1 Å². The van der Waals surface area contributed by atoms with E-state index in [4.69, 9.17) is 4.74 Å². The topological polar surface area (TPSA) is 55.4 Å². The van der Waals surface area contributed by atoms with Gasteiger partial charge >= 0.3 is 5.97 Å². The molecule has 0 aliphatic carbocycles. The lowest BCUT2D eigenvalue weighted by molar-refractivity contribution is -0.147. The van der Waals surface area contributed by atoms with Crippen molar-refractivity contribution in [3.63, 3.8) is 0 Å². The van der Waals surface area contributed by atoms with Gasteiger partial charge in [0.25, 0.3) is 0 Å². The van der Waals surface area contributed by atoms with E-state index in [1.165, 1.54) is 0 Å². The van der Waals surface area contributed by atoms with Crippen LogP contribution in [0.4, 0.5) is 0 Å². The molecular weight excluding hydrogens is 158 g/mol. The Morgan fingerprint density at radius 3 is 2.50 bits per heavy atom. The van der Waals surface area contributed by atoms with E-state index in [1.807, 2.05) is 13.8 Å². The molecule has 70 valence electrons. The fourth-order valence-corrected chi connectivity index (χ4v) is 0.544. The molecule has 0 rings (SSSR count). The minimum Gasteiger partial charge on any atom is -0.464 e. The Balaban J connectivity index is 3.63. The Morgan fingerprint density at radius 1 is 1.50 bits per heavy atom.